The predicted octanol–water partition coefficient (Wildman–Crippen LogP) is 5.15. The number of methoxy groups -OCH3 is 1. The Labute approximate surface area is 235 Å². The average Bonchev–Trinajstić information content (AvgIpc) is 3.17. The zero-order valence-corrected chi connectivity index (χ0v) is 22.9. The van der Waals surface area contributed by atoms with Gasteiger partial charge in [-0.1, -0.05) is 17.7 Å². The average molecular weight is 559 g/mol. The van der Waals surface area contributed by atoms with Crippen LogP contribution in [0.2, 0.25) is 5.02 Å². The third-order valence-corrected chi connectivity index (χ3v) is 6.68. The lowest BCUT2D eigenvalue weighted by Gasteiger charge is -2.15. The highest BCUT2D eigenvalue weighted by molar-refractivity contribution is 6.30. The number of carbonyl (C=O) groups is 1. The minimum Gasteiger partial charge on any atom is -0.497 e. The van der Waals surface area contributed by atoms with E-state index in [4.69, 9.17) is 21.1 Å². The first-order chi connectivity index (χ1) is 19.2. The SMILES string of the molecule is COc1ccc2c(Oc3ccc(CC(=O)c4c(C)n(C[C@@H](C)O)n(-c5cccc(Cl)c5)c4=O)nc3)ccnc2c1. The predicted molar refractivity (Wildman–Crippen MR) is 152 cm³/mol. The monoisotopic (exact) mass is 558 g/mol. The van der Waals surface area contributed by atoms with Gasteiger partial charge in [0.1, 0.15) is 22.8 Å². The molecule has 0 amide bonds. The van der Waals surface area contributed by atoms with Crippen LogP contribution in [-0.4, -0.2) is 43.4 Å². The van der Waals surface area contributed by atoms with Crippen LogP contribution in [0.4, 0.5) is 0 Å². The fourth-order valence-electron chi connectivity index (χ4n) is 4.58. The van der Waals surface area contributed by atoms with Crippen molar-refractivity contribution in [3.63, 3.8) is 0 Å². The van der Waals surface area contributed by atoms with E-state index in [1.807, 2.05) is 18.2 Å². The number of ketones is 1. The Morgan fingerprint density at radius 3 is 2.58 bits per heavy atom. The number of ether oxygens (including phenoxy) is 2. The topological polar surface area (TPSA) is 108 Å². The summed E-state index contributed by atoms with van der Waals surface area (Å²) < 4.78 is 14.3. The zero-order chi connectivity index (χ0) is 28.4. The highest BCUT2D eigenvalue weighted by Gasteiger charge is 2.25. The van der Waals surface area contributed by atoms with Crippen LogP contribution >= 0.6 is 11.6 Å². The molecule has 3 aromatic heterocycles. The number of Topliss-reactive ketones (excluding diaryl/α,β-unsaturated/α-hetero) is 1. The van der Waals surface area contributed by atoms with Crippen molar-refractivity contribution in [2.24, 2.45) is 0 Å². The van der Waals surface area contributed by atoms with Gasteiger partial charge < -0.3 is 14.6 Å². The molecule has 0 aliphatic heterocycles. The van der Waals surface area contributed by atoms with Crippen molar-refractivity contribution in [1.29, 1.82) is 0 Å². The molecule has 0 saturated heterocycles. The second-order valence-corrected chi connectivity index (χ2v) is 9.80. The van der Waals surface area contributed by atoms with Gasteiger partial charge in [0.05, 0.1) is 43.6 Å². The molecule has 9 nitrogen and oxygen atoms in total. The molecule has 2 aromatic carbocycles. The van der Waals surface area contributed by atoms with Crippen LogP contribution in [0.25, 0.3) is 16.6 Å². The number of carbonyl (C=O) groups excluding carboxylic acids is 1. The zero-order valence-electron chi connectivity index (χ0n) is 22.2. The Morgan fingerprint density at radius 1 is 1.07 bits per heavy atom. The second kappa shape index (κ2) is 11.3. The Balaban J connectivity index is 1.40. The van der Waals surface area contributed by atoms with Gasteiger partial charge >= 0.3 is 0 Å². The van der Waals surface area contributed by atoms with Gasteiger partial charge in [-0.2, -0.15) is 0 Å². The lowest BCUT2D eigenvalue weighted by Crippen LogP contribution is -2.26. The number of aromatic nitrogens is 4. The minimum atomic E-state index is -0.743. The number of fused-ring (bicyclic) bond motifs is 1. The highest BCUT2D eigenvalue weighted by Crippen LogP contribution is 2.30. The first-order valence-electron chi connectivity index (χ1n) is 12.6. The molecule has 0 radical (unpaired) electrons. The molecule has 10 heteroatoms. The molecule has 0 aliphatic rings. The summed E-state index contributed by atoms with van der Waals surface area (Å²) in [6.07, 6.45) is 2.36. The standard InChI is InChI=1S/C30H27ClN4O5/c1-18(36)17-34-19(2)29(30(38)35(34)22-6-4-5-20(31)13-22)27(37)14-21-7-8-24(16-33-21)40-28-11-12-32-26-15-23(39-3)9-10-25(26)28/h4-13,15-16,18,36H,14,17H2,1-3H3/t18-/m1/s1. The fraction of sp³-hybridized carbons (Fsp3) is 0.200. The number of hydrogen-bond acceptors (Lipinski definition) is 7. The number of halogens is 1. The van der Waals surface area contributed by atoms with Crippen LogP contribution in [0.15, 0.2) is 77.9 Å². The summed E-state index contributed by atoms with van der Waals surface area (Å²) in [5.41, 5.74) is 1.73. The van der Waals surface area contributed by atoms with E-state index >= 15 is 0 Å². The molecule has 40 heavy (non-hydrogen) atoms. The lowest BCUT2D eigenvalue weighted by atomic mass is 10.1. The summed E-state index contributed by atoms with van der Waals surface area (Å²) in [6, 6.07) is 17.5. The van der Waals surface area contributed by atoms with Crippen LogP contribution in [-0.2, 0) is 13.0 Å². The van der Waals surface area contributed by atoms with E-state index in [0.29, 0.717) is 39.3 Å². The first kappa shape index (κ1) is 27.1. The third-order valence-electron chi connectivity index (χ3n) is 6.44. The number of rotatable bonds is 9. The molecule has 1 atom stereocenters. The Hall–Kier alpha value is -4.47. The van der Waals surface area contributed by atoms with E-state index < -0.39 is 11.7 Å². The fourth-order valence-corrected chi connectivity index (χ4v) is 4.76. The summed E-state index contributed by atoms with van der Waals surface area (Å²) in [5, 5.41) is 11.3. The van der Waals surface area contributed by atoms with E-state index in [1.54, 1.807) is 74.3 Å². The van der Waals surface area contributed by atoms with Crippen LogP contribution in [0.3, 0.4) is 0 Å². The molecule has 0 fully saturated rings. The van der Waals surface area contributed by atoms with Gasteiger partial charge in [0.15, 0.2) is 5.78 Å². The molecule has 204 valence electrons. The quantitative estimate of drug-likeness (QED) is 0.249. The van der Waals surface area contributed by atoms with E-state index in [1.165, 1.54) is 10.9 Å². The largest absolute Gasteiger partial charge is 0.497 e. The van der Waals surface area contributed by atoms with Crippen LogP contribution in [0, 0.1) is 6.92 Å². The summed E-state index contributed by atoms with van der Waals surface area (Å²) >= 11 is 6.16. The molecule has 0 spiro atoms. The number of hydrogen-bond donors (Lipinski definition) is 1. The summed E-state index contributed by atoms with van der Waals surface area (Å²) in [7, 11) is 1.60. The first-order valence-corrected chi connectivity index (χ1v) is 13.0. The summed E-state index contributed by atoms with van der Waals surface area (Å²) in [4.78, 5) is 35.6. The molecule has 0 aliphatic carbocycles. The maximum absolute atomic E-state index is 13.5. The Bertz CT molecular complexity index is 1760. The van der Waals surface area contributed by atoms with Crippen molar-refractivity contribution in [2.45, 2.75) is 32.9 Å². The van der Waals surface area contributed by atoms with Crippen molar-refractivity contribution in [2.75, 3.05) is 7.11 Å². The molecular formula is C30H27ClN4O5. The maximum Gasteiger partial charge on any atom is 0.282 e. The van der Waals surface area contributed by atoms with E-state index in [-0.39, 0.29) is 24.3 Å². The van der Waals surface area contributed by atoms with Gasteiger partial charge in [-0.15, -0.1) is 0 Å². The van der Waals surface area contributed by atoms with Crippen molar-refractivity contribution < 1.29 is 19.4 Å². The molecule has 1 N–H and O–H groups in total. The van der Waals surface area contributed by atoms with Crippen LogP contribution in [0.5, 0.6) is 17.2 Å². The van der Waals surface area contributed by atoms with Crippen molar-refractivity contribution in [3.05, 3.63) is 105 Å². The third kappa shape index (κ3) is 5.47. The molecular weight excluding hydrogens is 532 g/mol. The van der Waals surface area contributed by atoms with Crippen molar-refractivity contribution >= 4 is 28.3 Å². The minimum absolute atomic E-state index is 0.0430. The van der Waals surface area contributed by atoms with Gasteiger partial charge in [0.25, 0.3) is 5.56 Å². The Kier molecular flexibility index (Phi) is 7.68. The van der Waals surface area contributed by atoms with E-state index in [9.17, 15) is 14.7 Å². The maximum atomic E-state index is 13.5. The van der Waals surface area contributed by atoms with Crippen molar-refractivity contribution in [3.8, 4) is 22.9 Å². The number of aliphatic hydroxyl groups excluding tert-OH is 1. The van der Waals surface area contributed by atoms with Gasteiger partial charge in [-0.3, -0.25) is 24.2 Å². The molecule has 0 bridgehead atoms. The molecule has 5 rings (SSSR count). The number of pyridine rings is 2. The Morgan fingerprint density at radius 2 is 1.88 bits per heavy atom. The van der Waals surface area contributed by atoms with E-state index in [0.717, 1.165) is 10.9 Å². The van der Waals surface area contributed by atoms with Crippen LogP contribution < -0.4 is 15.0 Å². The van der Waals surface area contributed by atoms with Gasteiger partial charge in [0.2, 0.25) is 0 Å². The van der Waals surface area contributed by atoms with Crippen molar-refractivity contribution in [1.82, 2.24) is 19.3 Å². The normalized spacial score (nSPS) is 11.9. The number of aliphatic hydroxyl groups is 1. The van der Waals surface area contributed by atoms with Crippen LogP contribution in [0.1, 0.15) is 28.7 Å². The second-order valence-electron chi connectivity index (χ2n) is 9.37. The number of benzene rings is 2. The van der Waals surface area contributed by atoms with Gasteiger partial charge in [0, 0.05) is 34.1 Å². The summed E-state index contributed by atoms with van der Waals surface area (Å²) in [6.45, 7) is 3.44. The van der Waals surface area contributed by atoms with Gasteiger partial charge in [-0.05, 0) is 62.4 Å². The van der Waals surface area contributed by atoms with Gasteiger partial charge in [-0.25, -0.2) is 4.68 Å². The molecule has 0 saturated carbocycles. The smallest absolute Gasteiger partial charge is 0.282 e. The molecule has 0 unspecified atom stereocenters. The summed E-state index contributed by atoms with van der Waals surface area (Å²) in [5.74, 6) is 1.42. The highest BCUT2D eigenvalue weighted by atomic mass is 35.5. The lowest BCUT2D eigenvalue weighted by molar-refractivity contribution is 0.0989. The molecule has 5 aromatic rings. The molecule has 3 heterocycles. The van der Waals surface area contributed by atoms with E-state index in [2.05, 4.69) is 9.97 Å². The number of nitrogens with zero attached hydrogens (tertiary/aromatic N) is 4.